The van der Waals surface area contributed by atoms with Crippen LogP contribution in [0.4, 0.5) is 11.4 Å². The number of carbonyl (C=O) groups is 1. The first-order valence-electron chi connectivity index (χ1n) is 7.97. The van der Waals surface area contributed by atoms with E-state index in [1.807, 2.05) is 36.4 Å². The Kier molecular flexibility index (Phi) is 6.56. The van der Waals surface area contributed by atoms with Gasteiger partial charge in [0.2, 0.25) is 5.91 Å². The lowest BCUT2D eigenvalue weighted by molar-refractivity contribution is -0.115. The Hall–Kier alpha value is -2.40. The third-order valence-electron chi connectivity index (χ3n) is 3.62. The second-order valence-corrected chi connectivity index (χ2v) is 5.23. The van der Waals surface area contributed by atoms with Crippen LogP contribution in [0.3, 0.4) is 0 Å². The number of hydrogen-bond acceptors (Lipinski definition) is 4. The fourth-order valence-electron chi connectivity index (χ4n) is 2.37. The molecular formula is C18H24N4O. The summed E-state index contributed by atoms with van der Waals surface area (Å²) in [6, 6.07) is 11.8. The van der Waals surface area contributed by atoms with Crippen LogP contribution in [0, 0.1) is 0 Å². The summed E-state index contributed by atoms with van der Waals surface area (Å²) in [6.07, 6.45) is 3.52. The van der Waals surface area contributed by atoms with Crippen LogP contribution >= 0.6 is 0 Å². The van der Waals surface area contributed by atoms with E-state index in [0.717, 1.165) is 24.3 Å². The van der Waals surface area contributed by atoms with Crippen LogP contribution in [-0.2, 0) is 11.3 Å². The number of nitrogens with one attached hydrogen (secondary N) is 2. The Morgan fingerprint density at radius 2 is 1.87 bits per heavy atom. The molecule has 1 aromatic heterocycles. The number of amides is 1. The maximum Gasteiger partial charge on any atom is 0.238 e. The fraction of sp³-hybridized carbons (Fsp3) is 0.333. The van der Waals surface area contributed by atoms with Gasteiger partial charge in [0.1, 0.15) is 0 Å². The molecule has 1 heterocycles. The van der Waals surface area contributed by atoms with Crippen molar-refractivity contribution in [3.05, 3.63) is 54.4 Å². The molecule has 0 aliphatic heterocycles. The first-order valence-corrected chi connectivity index (χ1v) is 7.97. The summed E-state index contributed by atoms with van der Waals surface area (Å²) in [6.45, 7) is 7.11. The second kappa shape index (κ2) is 8.90. The van der Waals surface area contributed by atoms with Crippen molar-refractivity contribution >= 4 is 17.3 Å². The Balaban J connectivity index is 1.78. The topological polar surface area (TPSA) is 57.3 Å². The zero-order valence-corrected chi connectivity index (χ0v) is 13.7. The molecule has 0 radical (unpaired) electrons. The van der Waals surface area contributed by atoms with Crippen LogP contribution in [0.25, 0.3) is 0 Å². The van der Waals surface area contributed by atoms with Crippen molar-refractivity contribution in [2.75, 3.05) is 29.9 Å². The molecule has 0 saturated heterocycles. The molecule has 0 atom stereocenters. The molecule has 0 aliphatic carbocycles. The van der Waals surface area contributed by atoms with Gasteiger partial charge in [-0.25, -0.2) is 0 Å². The van der Waals surface area contributed by atoms with Crippen LogP contribution in [0.2, 0.25) is 0 Å². The van der Waals surface area contributed by atoms with E-state index in [1.54, 1.807) is 12.4 Å². The molecule has 122 valence electrons. The number of anilines is 2. The van der Waals surface area contributed by atoms with Crippen LogP contribution in [0.15, 0.2) is 48.8 Å². The maximum atomic E-state index is 11.9. The minimum Gasteiger partial charge on any atom is -0.372 e. The highest BCUT2D eigenvalue weighted by Gasteiger charge is 2.04. The van der Waals surface area contributed by atoms with Gasteiger partial charge in [0.15, 0.2) is 0 Å². The van der Waals surface area contributed by atoms with Crippen molar-refractivity contribution in [1.29, 1.82) is 0 Å². The van der Waals surface area contributed by atoms with E-state index >= 15 is 0 Å². The van der Waals surface area contributed by atoms with Crippen LogP contribution in [0.5, 0.6) is 0 Å². The lowest BCUT2D eigenvalue weighted by Gasteiger charge is -2.21. The first-order chi connectivity index (χ1) is 11.2. The summed E-state index contributed by atoms with van der Waals surface area (Å²) >= 11 is 0. The van der Waals surface area contributed by atoms with Crippen LogP contribution < -0.4 is 15.5 Å². The summed E-state index contributed by atoms with van der Waals surface area (Å²) in [4.78, 5) is 18.2. The molecular weight excluding hydrogens is 288 g/mol. The molecule has 2 rings (SSSR count). The zero-order chi connectivity index (χ0) is 16.5. The van der Waals surface area contributed by atoms with Crippen molar-refractivity contribution in [2.24, 2.45) is 0 Å². The molecule has 0 unspecified atom stereocenters. The standard InChI is InChI=1S/C18H24N4O/c1-3-22(4-2)17-9-7-16(8-10-17)21-18(23)14-20-13-15-6-5-11-19-12-15/h5-12,20H,3-4,13-14H2,1-2H3,(H,21,23). The molecule has 5 heteroatoms. The molecule has 0 bridgehead atoms. The fourth-order valence-corrected chi connectivity index (χ4v) is 2.37. The van der Waals surface area contributed by atoms with Gasteiger partial charge in [0, 0.05) is 43.4 Å². The van der Waals surface area contributed by atoms with E-state index in [1.165, 1.54) is 5.69 Å². The van der Waals surface area contributed by atoms with E-state index in [9.17, 15) is 4.79 Å². The van der Waals surface area contributed by atoms with Gasteiger partial charge in [-0.3, -0.25) is 9.78 Å². The third-order valence-corrected chi connectivity index (χ3v) is 3.62. The van der Waals surface area contributed by atoms with Gasteiger partial charge in [-0.1, -0.05) is 6.07 Å². The summed E-state index contributed by atoms with van der Waals surface area (Å²) in [7, 11) is 0. The number of carbonyl (C=O) groups excluding carboxylic acids is 1. The van der Waals surface area contributed by atoms with Crippen molar-refractivity contribution in [3.8, 4) is 0 Å². The highest BCUT2D eigenvalue weighted by atomic mass is 16.1. The molecule has 1 amide bonds. The molecule has 5 nitrogen and oxygen atoms in total. The van der Waals surface area contributed by atoms with E-state index in [0.29, 0.717) is 6.54 Å². The van der Waals surface area contributed by atoms with Gasteiger partial charge in [-0.05, 0) is 49.7 Å². The predicted octanol–water partition coefficient (Wildman–Crippen LogP) is 2.66. The average molecular weight is 312 g/mol. The number of hydrogen-bond donors (Lipinski definition) is 2. The average Bonchev–Trinajstić information content (AvgIpc) is 2.58. The Bertz CT molecular complexity index is 594. The third kappa shape index (κ3) is 5.38. The number of pyridine rings is 1. The molecule has 1 aromatic carbocycles. The summed E-state index contributed by atoms with van der Waals surface area (Å²) in [5.74, 6) is -0.0514. The molecule has 0 spiro atoms. The summed E-state index contributed by atoms with van der Waals surface area (Å²) in [5, 5.41) is 6.00. The Morgan fingerprint density at radius 3 is 2.48 bits per heavy atom. The molecule has 0 aliphatic rings. The van der Waals surface area contributed by atoms with Crippen LogP contribution in [0.1, 0.15) is 19.4 Å². The number of benzene rings is 1. The predicted molar refractivity (Wildman–Crippen MR) is 94.6 cm³/mol. The minimum absolute atomic E-state index is 0.0514. The van der Waals surface area contributed by atoms with Gasteiger partial charge in [0.05, 0.1) is 6.54 Å². The minimum atomic E-state index is -0.0514. The van der Waals surface area contributed by atoms with Gasteiger partial charge in [0.25, 0.3) is 0 Å². The van der Waals surface area contributed by atoms with Crippen molar-refractivity contribution in [3.63, 3.8) is 0 Å². The maximum absolute atomic E-state index is 11.9. The summed E-state index contributed by atoms with van der Waals surface area (Å²) < 4.78 is 0. The Morgan fingerprint density at radius 1 is 1.13 bits per heavy atom. The Labute approximate surface area is 137 Å². The SMILES string of the molecule is CCN(CC)c1ccc(NC(=O)CNCc2cccnc2)cc1. The van der Waals surface area contributed by atoms with Gasteiger partial charge >= 0.3 is 0 Å². The summed E-state index contributed by atoms with van der Waals surface area (Å²) in [5.41, 5.74) is 3.04. The molecule has 2 aromatic rings. The van der Waals surface area contributed by atoms with Gasteiger partial charge in [-0.15, -0.1) is 0 Å². The highest BCUT2D eigenvalue weighted by molar-refractivity contribution is 5.92. The molecule has 23 heavy (non-hydrogen) atoms. The highest BCUT2D eigenvalue weighted by Crippen LogP contribution is 2.17. The lowest BCUT2D eigenvalue weighted by Crippen LogP contribution is -2.27. The lowest BCUT2D eigenvalue weighted by atomic mass is 10.2. The normalized spacial score (nSPS) is 10.3. The molecule has 0 saturated carbocycles. The van der Waals surface area contributed by atoms with E-state index in [4.69, 9.17) is 0 Å². The largest absolute Gasteiger partial charge is 0.372 e. The first kappa shape index (κ1) is 17.0. The zero-order valence-electron chi connectivity index (χ0n) is 13.7. The van der Waals surface area contributed by atoms with Gasteiger partial charge in [-0.2, -0.15) is 0 Å². The quantitative estimate of drug-likeness (QED) is 0.787. The number of nitrogens with zero attached hydrogens (tertiary/aromatic N) is 2. The molecule has 0 fully saturated rings. The van der Waals surface area contributed by atoms with Gasteiger partial charge < -0.3 is 15.5 Å². The van der Waals surface area contributed by atoms with Crippen molar-refractivity contribution < 1.29 is 4.79 Å². The van der Waals surface area contributed by atoms with Crippen molar-refractivity contribution in [1.82, 2.24) is 10.3 Å². The van der Waals surface area contributed by atoms with Crippen molar-refractivity contribution in [2.45, 2.75) is 20.4 Å². The second-order valence-electron chi connectivity index (χ2n) is 5.23. The smallest absolute Gasteiger partial charge is 0.238 e. The van der Waals surface area contributed by atoms with E-state index in [2.05, 4.69) is 34.4 Å². The number of rotatable bonds is 8. The molecule has 2 N–H and O–H groups in total. The number of aromatic nitrogens is 1. The van der Waals surface area contributed by atoms with E-state index < -0.39 is 0 Å². The van der Waals surface area contributed by atoms with Crippen LogP contribution in [-0.4, -0.2) is 30.5 Å². The van der Waals surface area contributed by atoms with E-state index in [-0.39, 0.29) is 12.5 Å². The monoisotopic (exact) mass is 312 g/mol.